The van der Waals surface area contributed by atoms with Gasteiger partial charge < -0.3 is 5.32 Å². The van der Waals surface area contributed by atoms with Crippen LogP contribution in [0.5, 0.6) is 0 Å². The van der Waals surface area contributed by atoms with Crippen molar-refractivity contribution in [3.63, 3.8) is 0 Å². The molecular weight excluding hydrogens is 249 g/mol. The van der Waals surface area contributed by atoms with Crippen LogP contribution in [0, 0.1) is 5.82 Å². The molecule has 18 heavy (non-hydrogen) atoms. The van der Waals surface area contributed by atoms with Crippen molar-refractivity contribution in [3.8, 4) is 0 Å². The second kappa shape index (κ2) is 5.98. The van der Waals surface area contributed by atoms with Gasteiger partial charge in [0.15, 0.2) is 0 Å². The van der Waals surface area contributed by atoms with Crippen LogP contribution < -0.4 is 5.32 Å². The third-order valence-electron chi connectivity index (χ3n) is 2.91. The van der Waals surface area contributed by atoms with Gasteiger partial charge in [0.05, 0.1) is 0 Å². The largest absolute Gasteiger partial charge is 0.306 e. The zero-order valence-corrected chi connectivity index (χ0v) is 10.9. The van der Waals surface area contributed by atoms with Gasteiger partial charge in [0.25, 0.3) is 0 Å². The van der Waals surface area contributed by atoms with E-state index in [9.17, 15) is 4.39 Å². The summed E-state index contributed by atoms with van der Waals surface area (Å²) in [6.45, 7) is 2.71. The van der Waals surface area contributed by atoms with Gasteiger partial charge in [0.1, 0.15) is 5.82 Å². The maximum absolute atomic E-state index is 12.9. The monoisotopic (exact) mass is 263 g/mol. The van der Waals surface area contributed by atoms with Crippen LogP contribution in [0.1, 0.15) is 24.1 Å². The average Bonchev–Trinajstić information content (AvgIpc) is 2.38. The van der Waals surface area contributed by atoms with E-state index in [0.717, 1.165) is 5.56 Å². The van der Waals surface area contributed by atoms with Gasteiger partial charge in [-0.1, -0.05) is 48.0 Å². The standard InChI is InChI=1S/C15H15ClFN/c1-11(12-5-3-2-4-6-12)18-10-13-7-8-14(17)9-15(13)16/h2-9,11,18H,10H2,1H3. The normalized spacial score (nSPS) is 12.4. The molecule has 1 N–H and O–H groups in total. The Bertz CT molecular complexity index is 513. The molecule has 0 aliphatic rings. The van der Waals surface area contributed by atoms with Crippen LogP contribution >= 0.6 is 11.6 Å². The quantitative estimate of drug-likeness (QED) is 0.866. The highest BCUT2D eigenvalue weighted by molar-refractivity contribution is 6.31. The molecule has 0 radical (unpaired) electrons. The second-order valence-electron chi connectivity index (χ2n) is 4.25. The Morgan fingerprint density at radius 2 is 1.89 bits per heavy atom. The van der Waals surface area contributed by atoms with E-state index in [1.807, 2.05) is 18.2 Å². The van der Waals surface area contributed by atoms with Crippen LogP contribution in [0.25, 0.3) is 0 Å². The molecule has 2 aromatic rings. The van der Waals surface area contributed by atoms with E-state index in [1.165, 1.54) is 17.7 Å². The molecule has 2 aromatic carbocycles. The van der Waals surface area contributed by atoms with Gasteiger partial charge >= 0.3 is 0 Å². The van der Waals surface area contributed by atoms with Gasteiger partial charge in [-0.05, 0) is 30.2 Å². The summed E-state index contributed by atoms with van der Waals surface area (Å²) in [4.78, 5) is 0. The maximum Gasteiger partial charge on any atom is 0.124 e. The van der Waals surface area contributed by atoms with Gasteiger partial charge in [0.2, 0.25) is 0 Å². The highest BCUT2D eigenvalue weighted by atomic mass is 35.5. The zero-order valence-electron chi connectivity index (χ0n) is 10.2. The van der Waals surface area contributed by atoms with Crippen LogP contribution in [-0.4, -0.2) is 0 Å². The van der Waals surface area contributed by atoms with Crippen LogP contribution in [0.15, 0.2) is 48.5 Å². The maximum atomic E-state index is 12.9. The first-order valence-electron chi connectivity index (χ1n) is 5.89. The van der Waals surface area contributed by atoms with Crippen molar-refractivity contribution < 1.29 is 4.39 Å². The molecule has 1 nitrogen and oxygen atoms in total. The lowest BCUT2D eigenvalue weighted by molar-refractivity contribution is 0.573. The Kier molecular flexibility index (Phi) is 4.34. The van der Waals surface area contributed by atoms with Crippen LogP contribution in [-0.2, 0) is 6.54 Å². The predicted molar refractivity (Wildman–Crippen MR) is 73.1 cm³/mol. The fraction of sp³-hybridized carbons (Fsp3) is 0.200. The van der Waals surface area contributed by atoms with Crippen LogP contribution in [0.4, 0.5) is 4.39 Å². The summed E-state index contributed by atoms with van der Waals surface area (Å²) in [7, 11) is 0. The predicted octanol–water partition coefficient (Wildman–Crippen LogP) is 4.33. The average molecular weight is 264 g/mol. The summed E-state index contributed by atoms with van der Waals surface area (Å²) in [5.41, 5.74) is 2.12. The van der Waals surface area contributed by atoms with E-state index in [1.54, 1.807) is 6.07 Å². The first-order valence-corrected chi connectivity index (χ1v) is 6.27. The van der Waals surface area contributed by atoms with Crippen molar-refractivity contribution in [1.29, 1.82) is 0 Å². The molecule has 0 saturated heterocycles. The van der Waals surface area contributed by atoms with E-state index >= 15 is 0 Å². The summed E-state index contributed by atoms with van der Waals surface area (Å²) in [6, 6.07) is 14.9. The molecule has 0 aliphatic heterocycles. The number of halogens is 2. The summed E-state index contributed by atoms with van der Waals surface area (Å²) < 4.78 is 12.9. The molecule has 0 aliphatic carbocycles. The SMILES string of the molecule is CC(NCc1ccc(F)cc1Cl)c1ccccc1. The topological polar surface area (TPSA) is 12.0 Å². The molecule has 1 unspecified atom stereocenters. The number of nitrogens with one attached hydrogen (secondary N) is 1. The lowest BCUT2D eigenvalue weighted by Gasteiger charge is -2.14. The molecule has 3 heteroatoms. The summed E-state index contributed by atoms with van der Waals surface area (Å²) in [5.74, 6) is -0.306. The van der Waals surface area contributed by atoms with Crippen LogP contribution in [0.2, 0.25) is 5.02 Å². The van der Waals surface area contributed by atoms with E-state index < -0.39 is 0 Å². The molecule has 0 bridgehead atoms. The van der Waals surface area contributed by atoms with Crippen LogP contribution in [0.3, 0.4) is 0 Å². The van der Waals surface area contributed by atoms with Crippen molar-refractivity contribution in [1.82, 2.24) is 5.32 Å². The fourth-order valence-electron chi connectivity index (χ4n) is 1.79. The number of rotatable bonds is 4. The molecule has 1 atom stereocenters. The Balaban J connectivity index is 1.99. The summed E-state index contributed by atoms with van der Waals surface area (Å²) >= 11 is 5.98. The molecule has 0 fully saturated rings. The number of hydrogen-bond donors (Lipinski definition) is 1. The lowest BCUT2D eigenvalue weighted by atomic mass is 10.1. The highest BCUT2D eigenvalue weighted by Crippen LogP contribution is 2.18. The highest BCUT2D eigenvalue weighted by Gasteiger charge is 2.06. The molecular formula is C15H15ClFN. The van der Waals surface area contributed by atoms with E-state index in [-0.39, 0.29) is 11.9 Å². The Morgan fingerprint density at radius 3 is 2.56 bits per heavy atom. The van der Waals surface area contributed by atoms with Gasteiger partial charge in [-0.15, -0.1) is 0 Å². The molecule has 0 heterocycles. The third kappa shape index (κ3) is 3.31. The fourth-order valence-corrected chi connectivity index (χ4v) is 2.02. The minimum atomic E-state index is -0.306. The molecule has 0 saturated carbocycles. The van der Waals surface area contributed by atoms with E-state index in [0.29, 0.717) is 11.6 Å². The molecule has 2 rings (SSSR count). The molecule has 0 aromatic heterocycles. The number of benzene rings is 2. The molecule has 0 spiro atoms. The first kappa shape index (κ1) is 13.1. The summed E-state index contributed by atoms with van der Waals surface area (Å²) in [5, 5.41) is 3.83. The minimum absolute atomic E-state index is 0.229. The van der Waals surface area contributed by atoms with Crippen molar-refractivity contribution in [2.24, 2.45) is 0 Å². The van der Waals surface area contributed by atoms with Gasteiger partial charge in [-0.3, -0.25) is 0 Å². The molecule has 0 amide bonds. The van der Waals surface area contributed by atoms with E-state index in [2.05, 4.69) is 24.4 Å². The Labute approximate surface area is 112 Å². The Morgan fingerprint density at radius 1 is 1.17 bits per heavy atom. The number of hydrogen-bond acceptors (Lipinski definition) is 1. The zero-order chi connectivity index (χ0) is 13.0. The summed E-state index contributed by atoms with van der Waals surface area (Å²) in [6.07, 6.45) is 0. The first-order chi connectivity index (χ1) is 8.66. The van der Waals surface area contributed by atoms with Gasteiger partial charge in [-0.25, -0.2) is 4.39 Å². The van der Waals surface area contributed by atoms with Gasteiger partial charge in [-0.2, -0.15) is 0 Å². The second-order valence-corrected chi connectivity index (χ2v) is 4.66. The third-order valence-corrected chi connectivity index (χ3v) is 3.27. The lowest BCUT2D eigenvalue weighted by Crippen LogP contribution is -2.18. The van der Waals surface area contributed by atoms with Crippen molar-refractivity contribution in [3.05, 3.63) is 70.5 Å². The van der Waals surface area contributed by atoms with E-state index in [4.69, 9.17) is 11.6 Å². The smallest absolute Gasteiger partial charge is 0.124 e. The van der Waals surface area contributed by atoms with Crippen molar-refractivity contribution in [2.45, 2.75) is 19.5 Å². The molecule has 94 valence electrons. The van der Waals surface area contributed by atoms with Crippen molar-refractivity contribution >= 4 is 11.6 Å². The van der Waals surface area contributed by atoms with Crippen molar-refractivity contribution in [2.75, 3.05) is 0 Å². The van der Waals surface area contributed by atoms with Gasteiger partial charge in [0, 0.05) is 17.6 Å². The minimum Gasteiger partial charge on any atom is -0.306 e. The Hall–Kier alpha value is -1.38.